The molecule has 1 aliphatic rings. The van der Waals surface area contributed by atoms with Crippen LogP contribution in [-0.4, -0.2) is 30.8 Å². The van der Waals surface area contributed by atoms with E-state index in [1.54, 1.807) is 17.0 Å². The van der Waals surface area contributed by atoms with Gasteiger partial charge < -0.3 is 15.1 Å². The molecule has 2 amide bonds. The number of carbonyl (C=O) groups excluding carboxylic acids is 2. The molecule has 0 heterocycles. The highest BCUT2D eigenvalue weighted by Crippen LogP contribution is 2.32. The van der Waals surface area contributed by atoms with Gasteiger partial charge in [-0.3, -0.25) is 9.59 Å². The van der Waals surface area contributed by atoms with Crippen LogP contribution < -0.4 is 10.2 Å². The van der Waals surface area contributed by atoms with Crippen molar-refractivity contribution in [2.45, 2.75) is 32.4 Å². The van der Waals surface area contributed by atoms with Crippen LogP contribution in [0.15, 0.2) is 72.8 Å². The molecule has 1 N–H and O–H groups in total. The third kappa shape index (κ3) is 5.45. The highest BCUT2D eigenvalue weighted by Gasteiger charge is 2.30. The Balaban J connectivity index is 1.71. The van der Waals surface area contributed by atoms with Gasteiger partial charge >= 0.3 is 0 Å². The minimum absolute atomic E-state index is 0.0360. The number of nitrogens with one attached hydrogen (secondary N) is 1. The Hall–Kier alpha value is -3.67. The smallest absolute Gasteiger partial charge is 0.254 e. The maximum atomic E-state index is 13.9. The van der Waals surface area contributed by atoms with E-state index >= 15 is 0 Å². The zero-order valence-electron chi connectivity index (χ0n) is 19.8. The van der Waals surface area contributed by atoms with Crippen LogP contribution in [0.5, 0.6) is 0 Å². The van der Waals surface area contributed by atoms with Gasteiger partial charge in [0.1, 0.15) is 5.82 Å². The Morgan fingerprint density at radius 2 is 1.74 bits per heavy atom. The summed E-state index contributed by atoms with van der Waals surface area (Å²) < 4.78 is 13.9. The molecule has 0 spiro atoms. The number of benzene rings is 3. The van der Waals surface area contributed by atoms with E-state index in [2.05, 4.69) is 5.32 Å². The van der Waals surface area contributed by atoms with Gasteiger partial charge in [-0.1, -0.05) is 36.4 Å². The molecule has 0 radical (unpaired) electrons. The van der Waals surface area contributed by atoms with E-state index in [0.717, 1.165) is 29.7 Å². The molecular weight excluding hydrogens is 429 g/mol. The minimum Gasteiger partial charge on any atom is -0.377 e. The normalized spacial score (nSPS) is 13.8. The number of amides is 2. The molecule has 0 bridgehead atoms. The molecular formula is C28H30FN3O2. The van der Waals surface area contributed by atoms with Gasteiger partial charge in [0, 0.05) is 43.5 Å². The molecule has 3 aromatic rings. The van der Waals surface area contributed by atoms with E-state index in [-0.39, 0.29) is 23.8 Å². The minimum atomic E-state index is -0.447. The Morgan fingerprint density at radius 1 is 1.00 bits per heavy atom. The lowest BCUT2D eigenvalue weighted by molar-refractivity contribution is -0.117. The maximum absolute atomic E-state index is 13.9. The molecule has 3 aromatic carbocycles. The molecule has 1 atom stereocenters. The third-order valence-electron chi connectivity index (χ3n) is 6.20. The number of rotatable bonds is 8. The average molecular weight is 460 g/mol. The predicted molar refractivity (Wildman–Crippen MR) is 133 cm³/mol. The largest absolute Gasteiger partial charge is 0.377 e. The summed E-state index contributed by atoms with van der Waals surface area (Å²) in [5.74, 6) is -0.569. The first-order valence-electron chi connectivity index (χ1n) is 11.6. The van der Waals surface area contributed by atoms with Gasteiger partial charge in [0.05, 0.1) is 6.04 Å². The second-order valence-electron chi connectivity index (χ2n) is 9.03. The van der Waals surface area contributed by atoms with Crippen molar-refractivity contribution in [3.05, 3.63) is 95.3 Å². The van der Waals surface area contributed by atoms with Crippen molar-refractivity contribution in [3.8, 4) is 0 Å². The van der Waals surface area contributed by atoms with Crippen LogP contribution in [0.25, 0.3) is 0 Å². The quantitative estimate of drug-likeness (QED) is 0.474. The number of carbonyl (C=O) groups is 2. The topological polar surface area (TPSA) is 52.7 Å². The van der Waals surface area contributed by atoms with Crippen molar-refractivity contribution in [1.29, 1.82) is 0 Å². The van der Waals surface area contributed by atoms with E-state index < -0.39 is 5.82 Å². The van der Waals surface area contributed by atoms with E-state index in [1.165, 1.54) is 12.1 Å². The lowest BCUT2D eigenvalue weighted by Gasteiger charge is -2.31. The fourth-order valence-electron chi connectivity index (χ4n) is 4.08. The van der Waals surface area contributed by atoms with Gasteiger partial charge in [0.2, 0.25) is 5.91 Å². The van der Waals surface area contributed by atoms with Crippen molar-refractivity contribution < 1.29 is 14.0 Å². The monoisotopic (exact) mass is 459 g/mol. The van der Waals surface area contributed by atoms with Crippen LogP contribution in [0, 0.1) is 11.7 Å². The van der Waals surface area contributed by atoms with Crippen LogP contribution in [0.3, 0.4) is 0 Å². The van der Waals surface area contributed by atoms with Crippen molar-refractivity contribution in [3.63, 3.8) is 0 Å². The van der Waals surface area contributed by atoms with Crippen LogP contribution in [0.4, 0.5) is 15.8 Å². The number of hydrogen-bond acceptors (Lipinski definition) is 3. The van der Waals surface area contributed by atoms with Crippen LogP contribution >= 0.6 is 0 Å². The summed E-state index contributed by atoms with van der Waals surface area (Å²) >= 11 is 0. The first kappa shape index (κ1) is 23.5. The standard InChI is InChI=1S/C28H30FN3O2/c1-19(20-8-5-4-6-9-20)32(28(34)22-10-7-11-24(29)16-22)18-23-17-25(14-15-26(23)31(2)3)30-27(33)21-12-13-21/h4-11,14-17,19,21H,12-13,18H2,1-3H3,(H,30,33)/t19-/m1/s1. The van der Waals surface area contributed by atoms with Crippen molar-refractivity contribution >= 4 is 23.2 Å². The highest BCUT2D eigenvalue weighted by molar-refractivity contribution is 5.95. The molecule has 34 heavy (non-hydrogen) atoms. The number of anilines is 2. The summed E-state index contributed by atoms with van der Waals surface area (Å²) in [6, 6.07) is 21.1. The summed E-state index contributed by atoms with van der Waals surface area (Å²) in [4.78, 5) is 29.7. The molecule has 1 saturated carbocycles. The van der Waals surface area contributed by atoms with Crippen molar-refractivity contribution in [2.75, 3.05) is 24.3 Å². The van der Waals surface area contributed by atoms with Gasteiger partial charge in [-0.05, 0) is 67.3 Å². The highest BCUT2D eigenvalue weighted by atomic mass is 19.1. The zero-order chi connectivity index (χ0) is 24.2. The Kier molecular flexibility index (Phi) is 6.96. The van der Waals surface area contributed by atoms with Gasteiger partial charge in [0.25, 0.3) is 5.91 Å². The molecule has 0 aliphatic heterocycles. The number of hydrogen-bond donors (Lipinski definition) is 1. The van der Waals surface area contributed by atoms with E-state index in [9.17, 15) is 14.0 Å². The fourth-order valence-corrected chi connectivity index (χ4v) is 4.08. The Morgan fingerprint density at radius 3 is 2.38 bits per heavy atom. The summed E-state index contributed by atoms with van der Waals surface area (Å²) in [5.41, 5.74) is 3.83. The Bertz CT molecular complexity index is 1180. The summed E-state index contributed by atoms with van der Waals surface area (Å²) in [6.45, 7) is 2.27. The van der Waals surface area contributed by atoms with Crippen molar-refractivity contribution in [2.24, 2.45) is 5.92 Å². The molecule has 0 saturated heterocycles. The zero-order valence-corrected chi connectivity index (χ0v) is 19.8. The summed E-state index contributed by atoms with van der Waals surface area (Å²) in [5, 5.41) is 3.00. The molecule has 176 valence electrons. The maximum Gasteiger partial charge on any atom is 0.254 e. The van der Waals surface area contributed by atoms with E-state index in [0.29, 0.717) is 17.8 Å². The second kappa shape index (κ2) is 10.1. The first-order chi connectivity index (χ1) is 16.3. The summed E-state index contributed by atoms with van der Waals surface area (Å²) in [7, 11) is 3.89. The predicted octanol–water partition coefficient (Wildman–Crippen LogP) is 5.64. The second-order valence-corrected chi connectivity index (χ2v) is 9.03. The molecule has 1 fully saturated rings. The van der Waals surface area contributed by atoms with Gasteiger partial charge in [-0.2, -0.15) is 0 Å². The van der Waals surface area contributed by atoms with E-state index in [1.807, 2.05) is 74.4 Å². The molecule has 5 nitrogen and oxygen atoms in total. The lowest BCUT2D eigenvalue weighted by atomic mass is 10.0. The summed E-state index contributed by atoms with van der Waals surface area (Å²) in [6.07, 6.45) is 1.86. The van der Waals surface area contributed by atoms with Gasteiger partial charge in [-0.15, -0.1) is 0 Å². The Labute approximate surface area is 200 Å². The third-order valence-corrected chi connectivity index (χ3v) is 6.20. The molecule has 1 aliphatic carbocycles. The van der Waals surface area contributed by atoms with Crippen LogP contribution in [0.2, 0.25) is 0 Å². The lowest BCUT2D eigenvalue weighted by Crippen LogP contribution is -2.34. The number of nitrogens with zero attached hydrogens (tertiary/aromatic N) is 2. The van der Waals surface area contributed by atoms with Crippen molar-refractivity contribution in [1.82, 2.24) is 4.90 Å². The molecule has 6 heteroatoms. The molecule has 4 rings (SSSR count). The van der Waals surface area contributed by atoms with Crippen LogP contribution in [-0.2, 0) is 11.3 Å². The van der Waals surface area contributed by atoms with E-state index in [4.69, 9.17) is 0 Å². The SMILES string of the molecule is C[C@H](c1ccccc1)N(Cc1cc(NC(=O)C2CC2)ccc1N(C)C)C(=O)c1cccc(F)c1. The molecule has 0 aromatic heterocycles. The number of halogens is 1. The van der Waals surface area contributed by atoms with Gasteiger partial charge in [-0.25, -0.2) is 4.39 Å². The van der Waals surface area contributed by atoms with Gasteiger partial charge in [0.15, 0.2) is 0 Å². The fraction of sp³-hybridized carbons (Fsp3) is 0.286. The average Bonchev–Trinajstić information content (AvgIpc) is 3.68. The molecule has 0 unspecified atom stereocenters. The first-order valence-corrected chi connectivity index (χ1v) is 11.6. The van der Waals surface area contributed by atoms with Crippen LogP contribution in [0.1, 0.15) is 47.3 Å².